The zero-order valence-corrected chi connectivity index (χ0v) is 11.2. The highest BCUT2D eigenvalue weighted by atomic mass is 16.5. The minimum absolute atomic E-state index is 0.0751. The molecule has 100 valence electrons. The van der Waals surface area contributed by atoms with Gasteiger partial charge in [-0.1, -0.05) is 67.6 Å². The van der Waals surface area contributed by atoms with Gasteiger partial charge in [-0.05, 0) is 11.1 Å². The van der Waals surface area contributed by atoms with Crippen molar-refractivity contribution in [2.24, 2.45) is 5.92 Å². The number of ether oxygens (including phenoxy) is 1. The van der Waals surface area contributed by atoms with Gasteiger partial charge in [-0.25, -0.2) is 0 Å². The molecule has 2 unspecified atom stereocenters. The summed E-state index contributed by atoms with van der Waals surface area (Å²) in [5, 5.41) is 10.2. The Morgan fingerprint density at radius 1 is 0.947 bits per heavy atom. The molecule has 0 radical (unpaired) electrons. The first-order chi connectivity index (χ1) is 9.27. The smallest absolute Gasteiger partial charge is 0.0837 e. The molecule has 0 spiro atoms. The Labute approximate surface area is 114 Å². The van der Waals surface area contributed by atoms with Gasteiger partial charge >= 0.3 is 0 Å². The Kier molecular flexibility index (Phi) is 5.13. The maximum Gasteiger partial charge on any atom is 0.0837 e. The van der Waals surface area contributed by atoms with Gasteiger partial charge in [0, 0.05) is 5.92 Å². The molecule has 2 heteroatoms. The molecular formula is C17H20O2. The van der Waals surface area contributed by atoms with Gasteiger partial charge in [-0.3, -0.25) is 0 Å². The lowest BCUT2D eigenvalue weighted by atomic mass is 9.98. The van der Waals surface area contributed by atoms with Gasteiger partial charge < -0.3 is 9.84 Å². The highest BCUT2D eigenvalue weighted by Gasteiger charge is 2.16. The molecule has 2 rings (SSSR count). The predicted molar refractivity (Wildman–Crippen MR) is 76.7 cm³/mol. The molecule has 0 fully saturated rings. The third kappa shape index (κ3) is 4.19. The fourth-order valence-electron chi connectivity index (χ4n) is 2.01. The average molecular weight is 256 g/mol. The first-order valence-electron chi connectivity index (χ1n) is 6.62. The van der Waals surface area contributed by atoms with Gasteiger partial charge in [0.25, 0.3) is 0 Å². The summed E-state index contributed by atoms with van der Waals surface area (Å²) in [5.41, 5.74) is 2.10. The van der Waals surface area contributed by atoms with Crippen LogP contribution in [0.25, 0.3) is 0 Å². The van der Waals surface area contributed by atoms with Gasteiger partial charge in [-0.2, -0.15) is 0 Å². The summed E-state index contributed by atoms with van der Waals surface area (Å²) in [7, 11) is 0. The largest absolute Gasteiger partial charge is 0.388 e. The average Bonchev–Trinajstić information content (AvgIpc) is 2.48. The molecule has 0 bridgehead atoms. The highest BCUT2D eigenvalue weighted by Crippen LogP contribution is 2.21. The molecular weight excluding hydrogens is 236 g/mol. The minimum Gasteiger partial charge on any atom is -0.388 e. The zero-order valence-electron chi connectivity index (χ0n) is 11.2. The van der Waals surface area contributed by atoms with Crippen molar-refractivity contribution in [1.82, 2.24) is 0 Å². The Morgan fingerprint density at radius 2 is 1.53 bits per heavy atom. The molecule has 0 amide bonds. The van der Waals surface area contributed by atoms with Crippen molar-refractivity contribution >= 4 is 0 Å². The van der Waals surface area contributed by atoms with E-state index in [1.807, 2.05) is 67.6 Å². The van der Waals surface area contributed by atoms with E-state index in [2.05, 4.69) is 0 Å². The number of aliphatic hydroxyl groups is 1. The van der Waals surface area contributed by atoms with E-state index < -0.39 is 6.10 Å². The maximum absolute atomic E-state index is 10.2. The molecule has 19 heavy (non-hydrogen) atoms. The van der Waals surface area contributed by atoms with Crippen LogP contribution in [-0.4, -0.2) is 11.7 Å². The van der Waals surface area contributed by atoms with Gasteiger partial charge in [0.05, 0.1) is 19.3 Å². The summed E-state index contributed by atoms with van der Waals surface area (Å²) >= 11 is 0. The number of benzene rings is 2. The normalized spacial score (nSPS) is 14.0. The molecule has 2 aromatic rings. The molecule has 0 saturated carbocycles. The highest BCUT2D eigenvalue weighted by molar-refractivity contribution is 5.18. The van der Waals surface area contributed by atoms with E-state index >= 15 is 0 Å². The van der Waals surface area contributed by atoms with E-state index in [1.54, 1.807) is 0 Å². The minimum atomic E-state index is -0.475. The van der Waals surface area contributed by atoms with Crippen LogP contribution in [0.5, 0.6) is 0 Å². The van der Waals surface area contributed by atoms with Gasteiger partial charge in [-0.15, -0.1) is 0 Å². The van der Waals surface area contributed by atoms with Gasteiger partial charge in [0.2, 0.25) is 0 Å². The Morgan fingerprint density at radius 3 is 2.16 bits per heavy atom. The van der Waals surface area contributed by atoms with E-state index in [0.29, 0.717) is 13.2 Å². The van der Waals surface area contributed by atoms with Gasteiger partial charge in [0.1, 0.15) is 0 Å². The SMILES string of the molecule is CC(COCc1ccccc1)C(O)c1ccccc1. The standard InChI is InChI=1S/C17H20O2/c1-14(17(18)16-10-6-3-7-11-16)12-19-13-15-8-4-2-5-9-15/h2-11,14,17-18H,12-13H2,1H3. The first kappa shape index (κ1) is 13.8. The Bertz CT molecular complexity index is 467. The predicted octanol–water partition coefficient (Wildman–Crippen LogP) is 3.57. The van der Waals surface area contributed by atoms with Crippen molar-refractivity contribution in [3.8, 4) is 0 Å². The van der Waals surface area contributed by atoms with Crippen molar-refractivity contribution in [3.63, 3.8) is 0 Å². The Balaban J connectivity index is 1.80. The van der Waals surface area contributed by atoms with Crippen LogP contribution in [0.15, 0.2) is 60.7 Å². The summed E-state index contributed by atoms with van der Waals surface area (Å²) in [6, 6.07) is 19.8. The van der Waals surface area contributed by atoms with Crippen LogP contribution in [-0.2, 0) is 11.3 Å². The second-order valence-corrected chi connectivity index (χ2v) is 4.83. The molecule has 0 saturated heterocycles. The van der Waals surface area contributed by atoms with E-state index in [0.717, 1.165) is 11.1 Å². The van der Waals surface area contributed by atoms with Crippen LogP contribution in [0.3, 0.4) is 0 Å². The van der Waals surface area contributed by atoms with Crippen LogP contribution < -0.4 is 0 Å². The van der Waals surface area contributed by atoms with Crippen LogP contribution in [0.4, 0.5) is 0 Å². The quantitative estimate of drug-likeness (QED) is 0.856. The summed E-state index contributed by atoms with van der Waals surface area (Å²) in [6.07, 6.45) is -0.475. The first-order valence-corrected chi connectivity index (χ1v) is 6.62. The molecule has 1 N–H and O–H groups in total. The van der Waals surface area contributed by atoms with E-state index in [1.165, 1.54) is 0 Å². The topological polar surface area (TPSA) is 29.5 Å². The molecule has 0 aliphatic carbocycles. The van der Waals surface area contributed by atoms with Crippen LogP contribution >= 0.6 is 0 Å². The zero-order chi connectivity index (χ0) is 13.5. The van der Waals surface area contributed by atoms with E-state index in [9.17, 15) is 5.11 Å². The van der Waals surface area contributed by atoms with Gasteiger partial charge in [0.15, 0.2) is 0 Å². The van der Waals surface area contributed by atoms with Crippen molar-refractivity contribution in [1.29, 1.82) is 0 Å². The second kappa shape index (κ2) is 7.07. The molecule has 0 aliphatic heterocycles. The molecule has 2 atom stereocenters. The third-order valence-electron chi connectivity index (χ3n) is 3.17. The number of hydrogen-bond acceptors (Lipinski definition) is 2. The summed E-state index contributed by atoms with van der Waals surface area (Å²) in [5.74, 6) is 0.0751. The number of hydrogen-bond donors (Lipinski definition) is 1. The van der Waals surface area contributed by atoms with Crippen molar-refractivity contribution in [2.75, 3.05) is 6.61 Å². The monoisotopic (exact) mass is 256 g/mol. The number of aliphatic hydroxyl groups excluding tert-OH is 1. The molecule has 0 aromatic heterocycles. The fraction of sp³-hybridized carbons (Fsp3) is 0.294. The fourth-order valence-corrected chi connectivity index (χ4v) is 2.01. The lowest BCUT2D eigenvalue weighted by molar-refractivity contribution is 0.0281. The summed E-state index contributed by atoms with van der Waals surface area (Å²) < 4.78 is 5.66. The van der Waals surface area contributed by atoms with Crippen molar-refractivity contribution in [3.05, 3.63) is 71.8 Å². The van der Waals surface area contributed by atoms with Crippen molar-refractivity contribution < 1.29 is 9.84 Å². The maximum atomic E-state index is 10.2. The Hall–Kier alpha value is -1.64. The van der Waals surface area contributed by atoms with E-state index in [4.69, 9.17) is 4.74 Å². The molecule has 2 nitrogen and oxygen atoms in total. The molecule has 0 aliphatic rings. The second-order valence-electron chi connectivity index (χ2n) is 4.83. The van der Waals surface area contributed by atoms with E-state index in [-0.39, 0.29) is 5.92 Å². The van der Waals surface area contributed by atoms with Crippen LogP contribution in [0.2, 0.25) is 0 Å². The lowest BCUT2D eigenvalue weighted by Crippen LogP contribution is -2.15. The lowest BCUT2D eigenvalue weighted by Gasteiger charge is -2.19. The molecule has 2 aromatic carbocycles. The van der Waals surface area contributed by atoms with Crippen LogP contribution in [0.1, 0.15) is 24.2 Å². The number of rotatable bonds is 6. The summed E-state index contributed by atoms with van der Waals surface area (Å²) in [6.45, 7) is 3.14. The molecule has 0 heterocycles. The van der Waals surface area contributed by atoms with Crippen LogP contribution in [0, 0.1) is 5.92 Å². The van der Waals surface area contributed by atoms with Crippen molar-refractivity contribution in [2.45, 2.75) is 19.6 Å². The third-order valence-corrected chi connectivity index (χ3v) is 3.17. The summed E-state index contributed by atoms with van der Waals surface area (Å²) in [4.78, 5) is 0.